The second kappa shape index (κ2) is 5.94. The summed E-state index contributed by atoms with van der Waals surface area (Å²) in [6.45, 7) is 0.857. The highest BCUT2D eigenvalue weighted by Gasteiger charge is 2.23. The number of aromatic nitrogens is 1. The number of hydrogen-bond acceptors (Lipinski definition) is 4. The molecular formula is C12H19N3O. The van der Waals surface area contributed by atoms with Crippen molar-refractivity contribution in [3.8, 4) is 0 Å². The zero-order valence-electron chi connectivity index (χ0n) is 9.43. The predicted molar refractivity (Wildman–Crippen MR) is 62.6 cm³/mol. The topological polar surface area (TPSA) is 60.2 Å². The maximum atomic E-state index is 5.74. The lowest BCUT2D eigenvalue weighted by Crippen LogP contribution is -2.47. The van der Waals surface area contributed by atoms with Crippen LogP contribution >= 0.6 is 0 Å². The van der Waals surface area contributed by atoms with Crippen molar-refractivity contribution in [3.63, 3.8) is 0 Å². The lowest BCUT2D eigenvalue weighted by atomic mass is 9.97. The average molecular weight is 221 g/mol. The minimum atomic E-state index is 0.185. The zero-order valence-corrected chi connectivity index (χ0v) is 9.43. The molecule has 0 saturated carbocycles. The van der Waals surface area contributed by atoms with Crippen molar-refractivity contribution in [2.45, 2.75) is 37.8 Å². The molecule has 88 valence electrons. The van der Waals surface area contributed by atoms with Gasteiger partial charge in [-0.1, -0.05) is 6.07 Å². The Hall–Kier alpha value is -0.970. The van der Waals surface area contributed by atoms with Crippen LogP contribution in [0.2, 0.25) is 0 Å². The Morgan fingerprint density at radius 2 is 2.50 bits per heavy atom. The third-order valence-corrected chi connectivity index (χ3v) is 3.06. The summed E-state index contributed by atoms with van der Waals surface area (Å²) in [5, 5.41) is 0. The first-order valence-electron chi connectivity index (χ1n) is 5.87. The molecule has 1 fully saturated rings. The summed E-state index contributed by atoms with van der Waals surface area (Å²) in [6.07, 6.45) is 8.26. The van der Waals surface area contributed by atoms with E-state index in [4.69, 9.17) is 10.6 Å². The fourth-order valence-electron chi connectivity index (χ4n) is 2.15. The fraction of sp³-hybridized carbons (Fsp3) is 0.583. The average Bonchev–Trinajstić information content (AvgIpc) is 2.38. The monoisotopic (exact) mass is 221 g/mol. The minimum absolute atomic E-state index is 0.185. The predicted octanol–water partition coefficient (Wildman–Crippen LogP) is 1.03. The second-order valence-corrected chi connectivity index (χ2v) is 4.24. The molecule has 2 heterocycles. The van der Waals surface area contributed by atoms with E-state index in [1.165, 1.54) is 18.4 Å². The highest BCUT2D eigenvalue weighted by Crippen LogP contribution is 2.17. The van der Waals surface area contributed by atoms with Crippen LogP contribution in [0.4, 0.5) is 0 Å². The van der Waals surface area contributed by atoms with Gasteiger partial charge in [-0.3, -0.25) is 16.3 Å². The summed E-state index contributed by atoms with van der Waals surface area (Å²) in [6, 6.07) is 4.20. The lowest BCUT2D eigenvalue weighted by molar-refractivity contribution is -0.00745. The van der Waals surface area contributed by atoms with Gasteiger partial charge in [0.2, 0.25) is 0 Å². The van der Waals surface area contributed by atoms with Gasteiger partial charge in [-0.2, -0.15) is 0 Å². The fourth-order valence-corrected chi connectivity index (χ4v) is 2.15. The van der Waals surface area contributed by atoms with Gasteiger partial charge in [0.15, 0.2) is 0 Å². The van der Waals surface area contributed by atoms with E-state index < -0.39 is 0 Å². The first-order chi connectivity index (χ1) is 7.90. The van der Waals surface area contributed by atoms with Crippen molar-refractivity contribution in [1.82, 2.24) is 10.4 Å². The summed E-state index contributed by atoms with van der Waals surface area (Å²) < 4.78 is 5.74. The van der Waals surface area contributed by atoms with Crippen LogP contribution < -0.4 is 11.3 Å². The number of pyridine rings is 1. The van der Waals surface area contributed by atoms with Gasteiger partial charge in [0, 0.05) is 19.0 Å². The maximum Gasteiger partial charge on any atom is 0.0744 e. The molecule has 1 aromatic heterocycles. The first kappa shape index (κ1) is 11.5. The summed E-state index contributed by atoms with van der Waals surface area (Å²) in [4.78, 5) is 4.11. The molecule has 2 rings (SSSR count). The van der Waals surface area contributed by atoms with Crippen LogP contribution in [0, 0.1) is 0 Å². The van der Waals surface area contributed by atoms with Crippen molar-refractivity contribution < 1.29 is 4.74 Å². The Morgan fingerprint density at radius 1 is 1.56 bits per heavy atom. The Bertz CT molecular complexity index is 298. The SMILES string of the molecule is NNC(Cc1cccnc1)C1CCCCO1. The number of nitrogens with zero attached hydrogens (tertiary/aromatic N) is 1. The number of rotatable bonds is 4. The smallest absolute Gasteiger partial charge is 0.0744 e. The summed E-state index contributed by atoms with van der Waals surface area (Å²) in [5.74, 6) is 5.60. The van der Waals surface area contributed by atoms with Crippen LogP contribution in [0.1, 0.15) is 24.8 Å². The molecule has 2 unspecified atom stereocenters. The molecule has 0 radical (unpaired) electrons. The molecule has 4 heteroatoms. The molecule has 1 aliphatic rings. The van der Waals surface area contributed by atoms with Crippen LogP contribution in [0.5, 0.6) is 0 Å². The van der Waals surface area contributed by atoms with E-state index in [2.05, 4.69) is 16.5 Å². The molecule has 0 spiro atoms. The van der Waals surface area contributed by atoms with Gasteiger partial charge >= 0.3 is 0 Å². The van der Waals surface area contributed by atoms with Crippen LogP contribution in [0.15, 0.2) is 24.5 Å². The molecule has 1 saturated heterocycles. The highest BCUT2D eigenvalue weighted by atomic mass is 16.5. The standard InChI is InChI=1S/C12H19N3O/c13-15-11(12-5-1-2-7-16-12)8-10-4-3-6-14-9-10/h3-4,6,9,11-12,15H,1-2,5,7-8,13H2. The van der Waals surface area contributed by atoms with Crippen molar-refractivity contribution in [2.75, 3.05) is 6.61 Å². The van der Waals surface area contributed by atoms with Crippen LogP contribution in [-0.2, 0) is 11.2 Å². The van der Waals surface area contributed by atoms with E-state index >= 15 is 0 Å². The van der Waals surface area contributed by atoms with E-state index in [0.29, 0.717) is 0 Å². The molecular weight excluding hydrogens is 202 g/mol. The normalized spacial score (nSPS) is 22.9. The largest absolute Gasteiger partial charge is 0.377 e. The number of nitrogens with one attached hydrogen (secondary N) is 1. The Balaban J connectivity index is 1.94. The van der Waals surface area contributed by atoms with Gasteiger partial charge in [0.1, 0.15) is 0 Å². The molecule has 3 N–H and O–H groups in total. The van der Waals surface area contributed by atoms with E-state index in [1.807, 2.05) is 12.3 Å². The quantitative estimate of drug-likeness (QED) is 0.589. The Kier molecular flexibility index (Phi) is 4.27. The Labute approximate surface area is 96.2 Å². The lowest BCUT2D eigenvalue weighted by Gasteiger charge is -2.30. The number of hydrazine groups is 1. The van der Waals surface area contributed by atoms with Crippen LogP contribution in [0.3, 0.4) is 0 Å². The third kappa shape index (κ3) is 3.01. The van der Waals surface area contributed by atoms with Crippen molar-refractivity contribution in [2.24, 2.45) is 5.84 Å². The van der Waals surface area contributed by atoms with Gasteiger partial charge in [-0.25, -0.2) is 0 Å². The first-order valence-corrected chi connectivity index (χ1v) is 5.87. The molecule has 1 aromatic rings. The highest BCUT2D eigenvalue weighted by molar-refractivity contribution is 5.10. The molecule has 0 aliphatic carbocycles. The maximum absolute atomic E-state index is 5.74. The van der Waals surface area contributed by atoms with Crippen LogP contribution in [-0.4, -0.2) is 23.7 Å². The molecule has 4 nitrogen and oxygen atoms in total. The molecule has 16 heavy (non-hydrogen) atoms. The molecule has 0 bridgehead atoms. The summed E-state index contributed by atoms with van der Waals surface area (Å²) in [7, 11) is 0. The van der Waals surface area contributed by atoms with E-state index in [-0.39, 0.29) is 12.1 Å². The second-order valence-electron chi connectivity index (χ2n) is 4.24. The molecule has 0 amide bonds. The van der Waals surface area contributed by atoms with Gasteiger partial charge < -0.3 is 4.74 Å². The van der Waals surface area contributed by atoms with E-state index in [1.54, 1.807) is 6.20 Å². The van der Waals surface area contributed by atoms with Crippen LogP contribution in [0.25, 0.3) is 0 Å². The minimum Gasteiger partial charge on any atom is -0.377 e. The molecule has 1 aliphatic heterocycles. The Morgan fingerprint density at radius 3 is 3.12 bits per heavy atom. The number of nitrogens with two attached hydrogens (primary N) is 1. The third-order valence-electron chi connectivity index (χ3n) is 3.06. The van der Waals surface area contributed by atoms with Crippen molar-refractivity contribution in [3.05, 3.63) is 30.1 Å². The van der Waals surface area contributed by atoms with Gasteiger partial charge in [0.05, 0.1) is 12.1 Å². The van der Waals surface area contributed by atoms with Gasteiger partial charge in [-0.15, -0.1) is 0 Å². The molecule has 2 atom stereocenters. The van der Waals surface area contributed by atoms with E-state index in [0.717, 1.165) is 19.4 Å². The number of ether oxygens (including phenoxy) is 1. The number of hydrogen-bond donors (Lipinski definition) is 2. The van der Waals surface area contributed by atoms with Gasteiger partial charge in [0.25, 0.3) is 0 Å². The van der Waals surface area contributed by atoms with Crippen molar-refractivity contribution >= 4 is 0 Å². The van der Waals surface area contributed by atoms with Gasteiger partial charge in [-0.05, 0) is 37.3 Å². The van der Waals surface area contributed by atoms with Crippen molar-refractivity contribution in [1.29, 1.82) is 0 Å². The summed E-state index contributed by atoms with van der Waals surface area (Å²) >= 11 is 0. The van der Waals surface area contributed by atoms with E-state index in [9.17, 15) is 0 Å². The molecule has 0 aromatic carbocycles. The summed E-state index contributed by atoms with van der Waals surface area (Å²) in [5.41, 5.74) is 4.06. The zero-order chi connectivity index (χ0) is 11.2.